The lowest BCUT2D eigenvalue weighted by atomic mass is 10.1. The van der Waals surface area contributed by atoms with E-state index in [-0.39, 0.29) is 18.2 Å². The second-order valence-electron chi connectivity index (χ2n) is 5.05. The zero-order valence-corrected chi connectivity index (χ0v) is 12.5. The SMILES string of the molecule is CCCC(=O)Nc1ccc(N2C[C@@H](C(=O)Cl)CC2=O)cc1. The van der Waals surface area contributed by atoms with Gasteiger partial charge in [0, 0.05) is 30.8 Å². The maximum Gasteiger partial charge on any atom is 0.227 e. The Bertz CT molecular complexity index is 557. The maximum atomic E-state index is 11.9. The molecule has 0 spiro atoms. The van der Waals surface area contributed by atoms with Gasteiger partial charge in [0.2, 0.25) is 17.1 Å². The van der Waals surface area contributed by atoms with E-state index in [2.05, 4.69) is 5.32 Å². The summed E-state index contributed by atoms with van der Waals surface area (Å²) in [6.07, 6.45) is 1.42. The van der Waals surface area contributed by atoms with Crippen LogP contribution in [0.2, 0.25) is 0 Å². The first-order valence-corrected chi connectivity index (χ1v) is 7.28. The minimum atomic E-state index is -0.478. The summed E-state index contributed by atoms with van der Waals surface area (Å²) in [6, 6.07) is 6.99. The largest absolute Gasteiger partial charge is 0.326 e. The smallest absolute Gasteiger partial charge is 0.227 e. The van der Waals surface area contributed by atoms with Gasteiger partial charge in [-0.05, 0) is 42.3 Å². The third kappa shape index (κ3) is 3.82. The van der Waals surface area contributed by atoms with Gasteiger partial charge in [-0.15, -0.1) is 0 Å². The van der Waals surface area contributed by atoms with Gasteiger partial charge in [0.15, 0.2) is 0 Å². The molecule has 1 aromatic carbocycles. The Hall–Kier alpha value is -1.88. The van der Waals surface area contributed by atoms with Crippen LogP contribution < -0.4 is 10.2 Å². The molecule has 1 heterocycles. The fraction of sp³-hybridized carbons (Fsp3) is 0.400. The van der Waals surface area contributed by atoms with Gasteiger partial charge in [0.05, 0.1) is 5.92 Å². The van der Waals surface area contributed by atoms with Crippen LogP contribution in [-0.4, -0.2) is 23.6 Å². The third-order valence-corrected chi connectivity index (χ3v) is 3.69. The van der Waals surface area contributed by atoms with Crippen molar-refractivity contribution in [2.75, 3.05) is 16.8 Å². The Morgan fingerprint density at radius 2 is 2.00 bits per heavy atom. The lowest BCUT2D eigenvalue weighted by molar-refractivity contribution is -0.120. The van der Waals surface area contributed by atoms with Crippen molar-refractivity contribution in [3.05, 3.63) is 24.3 Å². The monoisotopic (exact) mass is 308 g/mol. The molecular weight excluding hydrogens is 292 g/mol. The molecule has 0 bridgehead atoms. The number of benzene rings is 1. The first-order chi connectivity index (χ1) is 10.0. The number of anilines is 2. The molecule has 1 fully saturated rings. The summed E-state index contributed by atoms with van der Waals surface area (Å²) in [4.78, 5) is 36.1. The lowest BCUT2D eigenvalue weighted by Gasteiger charge is -2.16. The van der Waals surface area contributed by atoms with Crippen LogP contribution >= 0.6 is 11.6 Å². The summed E-state index contributed by atoms with van der Waals surface area (Å²) in [5.41, 5.74) is 1.39. The number of hydrogen-bond acceptors (Lipinski definition) is 3. The van der Waals surface area contributed by atoms with E-state index in [1.54, 1.807) is 29.2 Å². The summed E-state index contributed by atoms with van der Waals surface area (Å²) < 4.78 is 0. The van der Waals surface area contributed by atoms with Gasteiger partial charge in [-0.25, -0.2) is 0 Å². The van der Waals surface area contributed by atoms with E-state index in [0.717, 1.165) is 6.42 Å². The summed E-state index contributed by atoms with van der Waals surface area (Å²) in [5, 5.41) is 2.30. The number of nitrogens with one attached hydrogen (secondary N) is 1. The van der Waals surface area contributed by atoms with E-state index in [1.807, 2.05) is 6.92 Å². The van der Waals surface area contributed by atoms with Gasteiger partial charge in [-0.2, -0.15) is 0 Å². The topological polar surface area (TPSA) is 66.5 Å². The molecule has 1 aliphatic heterocycles. The van der Waals surface area contributed by atoms with Gasteiger partial charge in [-0.3, -0.25) is 14.4 Å². The minimum Gasteiger partial charge on any atom is -0.326 e. The molecule has 1 aliphatic rings. The zero-order chi connectivity index (χ0) is 15.4. The van der Waals surface area contributed by atoms with Gasteiger partial charge in [0.1, 0.15) is 0 Å². The van der Waals surface area contributed by atoms with Crippen LogP contribution in [0.25, 0.3) is 0 Å². The lowest BCUT2D eigenvalue weighted by Crippen LogP contribution is -2.25. The van der Waals surface area contributed by atoms with Crippen molar-refractivity contribution in [1.82, 2.24) is 0 Å². The fourth-order valence-corrected chi connectivity index (χ4v) is 2.43. The van der Waals surface area contributed by atoms with Gasteiger partial charge in [-0.1, -0.05) is 6.92 Å². The molecule has 1 N–H and O–H groups in total. The number of nitrogens with zero attached hydrogens (tertiary/aromatic N) is 1. The standard InChI is InChI=1S/C15H17ClN2O3/c1-2-3-13(19)17-11-4-6-12(7-5-11)18-9-10(15(16)21)8-14(18)20/h4-7,10H,2-3,8-9H2,1H3,(H,17,19)/t10-/m0/s1. The van der Waals surface area contributed by atoms with Crippen molar-refractivity contribution < 1.29 is 14.4 Å². The molecule has 2 amide bonds. The van der Waals surface area contributed by atoms with E-state index >= 15 is 0 Å². The molecule has 1 atom stereocenters. The highest BCUT2D eigenvalue weighted by Crippen LogP contribution is 2.27. The van der Waals surface area contributed by atoms with Gasteiger partial charge < -0.3 is 10.2 Å². The molecular formula is C15H17ClN2O3. The third-order valence-electron chi connectivity index (χ3n) is 3.39. The predicted molar refractivity (Wildman–Crippen MR) is 81.3 cm³/mol. The Balaban J connectivity index is 2.04. The van der Waals surface area contributed by atoms with E-state index in [1.165, 1.54) is 0 Å². The second-order valence-corrected chi connectivity index (χ2v) is 5.43. The van der Waals surface area contributed by atoms with Crippen molar-refractivity contribution in [1.29, 1.82) is 0 Å². The second kappa shape index (κ2) is 6.72. The highest BCUT2D eigenvalue weighted by atomic mass is 35.5. The van der Waals surface area contributed by atoms with E-state index < -0.39 is 11.2 Å². The van der Waals surface area contributed by atoms with Crippen molar-refractivity contribution in [2.24, 2.45) is 5.92 Å². The van der Waals surface area contributed by atoms with Gasteiger partial charge in [0.25, 0.3) is 0 Å². The Kier molecular flexibility index (Phi) is 4.96. The molecule has 0 aliphatic carbocycles. The molecule has 1 saturated heterocycles. The van der Waals surface area contributed by atoms with E-state index in [0.29, 0.717) is 24.3 Å². The van der Waals surface area contributed by atoms with Crippen molar-refractivity contribution in [3.8, 4) is 0 Å². The van der Waals surface area contributed by atoms with Gasteiger partial charge >= 0.3 is 0 Å². The van der Waals surface area contributed by atoms with Crippen molar-refractivity contribution in [3.63, 3.8) is 0 Å². The first kappa shape index (κ1) is 15.5. The normalized spacial score (nSPS) is 17.9. The van der Waals surface area contributed by atoms with E-state index in [9.17, 15) is 14.4 Å². The highest BCUT2D eigenvalue weighted by Gasteiger charge is 2.34. The molecule has 1 aromatic rings. The number of halogens is 1. The molecule has 0 unspecified atom stereocenters. The molecule has 0 aromatic heterocycles. The summed E-state index contributed by atoms with van der Waals surface area (Å²) in [7, 11) is 0. The Morgan fingerprint density at radius 1 is 1.33 bits per heavy atom. The number of carbonyl (C=O) groups excluding carboxylic acids is 3. The van der Waals surface area contributed by atoms with Crippen LogP contribution in [0.15, 0.2) is 24.3 Å². The highest BCUT2D eigenvalue weighted by molar-refractivity contribution is 6.64. The van der Waals surface area contributed by atoms with Crippen LogP contribution in [0, 0.1) is 5.92 Å². The van der Waals surface area contributed by atoms with Crippen LogP contribution in [-0.2, 0) is 14.4 Å². The Morgan fingerprint density at radius 3 is 2.52 bits per heavy atom. The predicted octanol–water partition coefficient (Wildman–Crippen LogP) is 2.54. The fourth-order valence-electron chi connectivity index (χ4n) is 2.28. The first-order valence-electron chi connectivity index (χ1n) is 6.91. The summed E-state index contributed by atoms with van der Waals surface area (Å²) in [5.74, 6) is -0.588. The zero-order valence-electron chi connectivity index (χ0n) is 11.8. The Labute approximate surface area is 128 Å². The van der Waals surface area contributed by atoms with Crippen LogP contribution in [0.1, 0.15) is 26.2 Å². The van der Waals surface area contributed by atoms with Crippen molar-refractivity contribution >= 4 is 40.0 Å². The van der Waals surface area contributed by atoms with Crippen molar-refractivity contribution in [2.45, 2.75) is 26.2 Å². The average molecular weight is 309 g/mol. The maximum absolute atomic E-state index is 11.9. The van der Waals surface area contributed by atoms with Crippen LogP contribution in [0.4, 0.5) is 11.4 Å². The average Bonchev–Trinajstić information content (AvgIpc) is 2.82. The molecule has 6 heteroatoms. The van der Waals surface area contributed by atoms with E-state index in [4.69, 9.17) is 11.6 Å². The number of amides is 2. The summed E-state index contributed by atoms with van der Waals surface area (Å²) >= 11 is 5.45. The quantitative estimate of drug-likeness (QED) is 0.850. The minimum absolute atomic E-state index is 0.0321. The number of carbonyl (C=O) groups is 3. The molecule has 112 valence electrons. The van der Waals surface area contributed by atoms with Crippen LogP contribution in [0.5, 0.6) is 0 Å². The molecule has 21 heavy (non-hydrogen) atoms. The van der Waals surface area contributed by atoms with Crippen LogP contribution in [0.3, 0.4) is 0 Å². The molecule has 0 saturated carbocycles. The summed E-state index contributed by atoms with van der Waals surface area (Å²) in [6.45, 7) is 2.25. The molecule has 0 radical (unpaired) electrons. The number of rotatable bonds is 5. The molecule has 5 nitrogen and oxygen atoms in total. The number of hydrogen-bond donors (Lipinski definition) is 1. The molecule has 2 rings (SSSR count).